The number of hydrogen-bond donors (Lipinski definition) is 2. The number of likely N-dealkylation sites (N-methyl/N-ethyl adjacent to an activating group) is 1. The summed E-state index contributed by atoms with van der Waals surface area (Å²) in [5.74, 6) is 0.644. The number of nitrogens with one attached hydrogen (secondary N) is 2. The van der Waals surface area contributed by atoms with Gasteiger partial charge in [0, 0.05) is 68.3 Å². The van der Waals surface area contributed by atoms with Crippen LogP contribution in [-0.2, 0) is 4.79 Å². The van der Waals surface area contributed by atoms with Gasteiger partial charge in [-0.05, 0) is 56.1 Å². The number of benzene rings is 1. The Labute approximate surface area is 195 Å². The van der Waals surface area contributed by atoms with Crippen molar-refractivity contribution in [3.05, 3.63) is 48.8 Å². The summed E-state index contributed by atoms with van der Waals surface area (Å²) in [6.07, 6.45) is 6.11. The second-order valence-corrected chi connectivity index (χ2v) is 9.23. The molecule has 3 heterocycles. The molecule has 0 bridgehead atoms. The summed E-state index contributed by atoms with van der Waals surface area (Å²) in [5, 5.41) is 11.3. The molecule has 1 aliphatic carbocycles. The lowest BCUT2D eigenvalue weighted by Gasteiger charge is -2.41. The van der Waals surface area contributed by atoms with Crippen LogP contribution in [0.25, 0.3) is 16.6 Å². The minimum absolute atomic E-state index is 0.276. The fraction of sp³-hybridized carbons (Fsp3) is 0.462. The molecule has 2 N–H and O–H groups in total. The Morgan fingerprint density at radius 2 is 1.91 bits per heavy atom. The van der Waals surface area contributed by atoms with Crippen molar-refractivity contribution in [3.63, 3.8) is 0 Å². The Kier molecular flexibility index (Phi) is 6.22. The molecule has 7 nitrogen and oxygen atoms in total. The van der Waals surface area contributed by atoms with Crippen molar-refractivity contribution < 1.29 is 4.79 Å². The van der Waals surface area contributed by atoms with Gasteiger partial charge in [0.2, 0.25) is 5.91 Å². The highest BCUT2D eigenvalue weighted by Crippen LogP contribution is 2.34. The van der Waals surface area contributed by atoms with Crippen molar-refractivity contribution in [1.29, 1.82) is 0 Å². The average Bonchev–Trinajstić information content (AvgIpc) is 3.59. The summed E-state index contributed by atoms with van der Waals surface area (Å²) < 4.78 is 1.97. The molecule has 3 aromatic rings. The summed E-state index contributed by atoms with van der Waals surface area (Å²) in [7, 11) is 0. The van der Waals surface area contributed by atoms with Crippen molar-refractivity contribution in [2.75, 3.05) is 49.5 Å². The fourth-order valence-electron chi connectivity index (χ4n) is 4.76. The third kappa shape index (κ3) is 4.69. The van der Waals surface area contributed by atoms with Gasteiger partial charge in [-0.1, -0.05) is 19.1 Å². The highest BCUT2D eigenvalue weighted by Gasteiger charge is 2.36. The zero-order valence-electron chi connectivity index (χ0n) is 19.6. The van der Waals surface area contributed by atoms with E-state index >= 15 is 0 Å². The van der Waals surface area contributed by atoms with Crippen molar-refractivity contribution in [2.45, 2.75) is 32.7 Å². The molecule has 1 aromatic carbocycles. The van der Waals surface area contributed by atoms with Crippen molar-refractivity contribution in [2.24, 2.45) is 5.92 Å². The van der Waals surface area contributed by atoms with Crippen LogP contribution >= 0.6 is 0 Å². The summed E-state index contributed by atoms with van der Waals surface area (Å²) in [6, 6.07) is 13.2. The Hall–Kier alpha value is -3.06. The third-order valence-electron chi connectivity index (χ3n) is 6.76. The average molecular weight is 447 g/mol. The summed E-state index contributed by atoms with van der Waals surface area (Å²) in [4.78, 5) is 17.0. The van der Waals surface area contributed by atoms with Gasteiger partial charge in [0.1, 0.15) is 0 Å². The highest BCUT2D eigenvalue weighted by atomic mass is 16.2. The third-order valence-corrected chi connectivity index (χ3v) is 6.76. The predicted octanol–water partition coefficient (Wildman–Crippen LogP) is 3.47. The lowest BCUT2D eigenvalue weighted by Crippen LogP contribution is -2.54. The number of piperazine rings is 1. The zero-order valence-corrected chi connectivity index (χ0v) is 19.6. The van der Waals surface area contributed by atoms with E-state index in [-0.39, 0.29) is 6.04 Å². The van der Waals surface area contributed by atoms with Crippen LogP contribution < -0.4 is 15.5 Å². The van der Waals surface area contributed by atoms with Crippen LogP contribution in [0.5, 0.6) is 0 Å². The molecule has 0 radical (unpaired) electrons. The first kappa shape index (κ1) is 21.8. The molecule has 5 rings (SSSR count). The van der Waals surface area contributed by atoms with Crippen LogP contribution in [0.1, 0.15) is 26.7 Å². The number of anilines is 2. The van der Waals surface area contributed by atoms with Crippen molar-refractivity contribution in [1.82, 2.24) is 19.8 Å². The van der Waals surface area contributed by atoms with Gasteiger partial charge in [-0.15, -0.1) is 0 Å². The molecule has 2 fully saturated rings. The number of nitrogens with zero attached hydrogens (tertiary/aromatic N) is 4. The monoisotopic (exact) mass is 446 g/mol. The fourth-order valence-corrected chi connectivity index (χ4v) is 4.76. The van der Waals surface area contributed by atoms with E-state index < -0.39 is 0 Å². The summed E-state index contributed by atoms with van der Waals surface area (Å²) in [5.41, 5.74) is 5.76. The largest absolute Gasteiger partial charge is 0.384 e. The Morgan fingerprint density at radius 1 is 1.09 bits per heavy atom. The first-order chi connectivity index (χ1) is 16.1. The molecule has 2 aromatic heterocycles. The van der Waals surface area contributed by atoms with Gasteiger partial charge in [-0.3, -0.25) is 4.79 Å². The molecule has 174 valence electrons. The van der Waals surface area contributed by atoms with Gasteiger partial charge in [-0.25, -0.2) is 4.52 Å². The first-order valence-corrected chi connectivity index (χ1v) is 12.2. The lowest BCUT2D eigenvalue weighted by atomic mass is 10.1. The van der Waals surface area contributed by atoms with Gasteiger partial charge in [0.25, 0.3) is 0 Å². The van der Waals surface area contributed by atoms with E-state index in [2.05, 4.69) is 82.0 Å². The predicted molar refractivity (Wildman–Crippen MR) is 134 cm³/mol. The van der Waals surface area contributed by atoms with Crippen LogP contribution in [-0.4, -0.2) is 65.7 Å². The molecule has 1 saturated carbocycles. The molecule has 1 saturated heterocycles. The van der Waals surface area contributed by atoms with E-state index in [0.29, 0.717) is 11.8 Å². The normalized spacial score (nSPS) is 18.7. The summed E-state index contributed by atoms with van der Waals surface area (Å²) >= 11 is 0. The number of carbonyl (C=O) groups excluding carboxylic acids is 1. The molecule has 0 unspecified atom stereocenters. The number of rotatable bonds is 8. The highest BCUT2D eigenvalue weighted by molar-refractivity contribution is 5.83. The first-order valence-electron chi connectivity index (χ1n) is 12.2. The number of carbonyl (C=O) groups is 1. The zero-order chi connectivity index (χ0) is 22.8. The second kappa shape index (κ2) is 9.43. The van der Waals surface area contributed by atoms with Crippen molar-refractivity contribution in [3.8, 4) is 11.1 Å². The molecule has 33 heavy (non-hydrogen) atoms. The smallest absolute Gasteiger partial charge is 0.225 e. The Bertz CT molecular complexity index is 1100. The SMILES string of the molecule is CCNCCNc1ccc(-c2cc3c(N4CCN(C(=O)C5CC5)C[C@@H]4C)ccnn3c2)cc1. The number of amides is 1. The Balaban J connectivity index is 1.32. The van der Waals surface area contributed by atoms with Crippen LogP contribution in [0.3, 0.4) is 0 Å². The van der Waals surface area contributed by atoms with E-state index in [1.165, 1.54) is 11.3 Å². The molecular formula is C26H34N6O. The van der Waals surface area contributed by atoms with Crippen LogP contribution in [0, 0.1) is 5.92 Å². The topological polar surface area (TPSA) is 64.9 Å². The number of aromatic nitrogens is 2. The standard InChI is InChI=1S/C26H34N6O/c1-3-27-12-13-28-23-8-6-20(7-9-23)22-16-25-24(10-11-29-32(25)18-22)31-15-14-30(17-19(31)2)26(33)21-4-5-21/h6-11,16,18-19,21,27-28H,3-5,12-15,17H2,1-2H3/t19-/m0/s1. The molecule has 0 spiro atoms. The van der Waals surface area contributed by atoms with Gasteiger partial charge in [0.05, 0.1) is 11.2 Å². The lowest BCUT2D eigenvalue weighted by molar-refractivity contribution is -0.133. The molecule has 2 aliphatic rings. The second-order valence-electron chi connectivity index (χ2n) is 9.23. The van der Waals surface area contributed by atoms with E-state index in [1.807, 2.05) is 10.7 Å². The minimum atomic E-state index is 0.276. The number of hydrogen-bond acceptors (Lipinski definition) is 5. The van der Waals surface area contributed by atoms with Crippen LogP contribution in [0.15, 0.2) is 48.8 Å². The molecule has 1 amide bonds. The molecule has 1 atom stereocenters. The van der Waals surface area contributed by atoms with Crippen LogP contribution in [0.2, 0.25) is 0 Å². The maximum atomic E-state index is 12.5. The molecule has 7 heteroatoms. The van der Waals surface area contributed by atoms with Gasteiger partial charge in [-0.2, -0.15) is 5.10 Å². The van der Waals surface area contributed by atoms with E-state index in [0.717, 1.165) is 68.9 Å². The van der Waals surface area contributed by atoms with E-state index in [1.54, 1.807) is 0 Å². The molecule has 1 aliphatic heterocycles. The Morgan fingerprint density at radius 3 is 2.64 bits per heavy atom. The minimum Gasteiger partial charge on any atom is -0.384 e. The maximum Gasteiger partial charge on any atom is 0.225 e. The van der Waals surface area contributed by atoms with Gasteiger partial charge < -0.3 is 20.4 Å². The van der Waals surface area contributed by atoms with E-state index in [9.17, 15) is 4.79 Å². The van der Waals surface area contributed by atoms with Crippen molar-refractivity contribution >= 4 is 22.8 Å². The maximum absolute atomic E-state index is 12.5. The van der Waals surface area contributed by atoms with Gasteiger partial charge in [0.15, 0.2) is 0 Å². The van der Waals surface area contributed by atoms with Crippen LogP contribution in [0.4, 0.5) is 11.4 Å². The number of fused-ring (bicyclic) bond motifs is 1. The molecular weight excluding hydrogens is 412 g/mol. The van der Waals surface area contributed by atoms with Gasteiger partial charge >= 0.3 is 0 Å². The summed E-state index contributed by atoms with van der Waals surface area (Å²) in [6.45, 7) is 9.64. The quantitative estimate of drug-likeness (QED) is 0.519. The van der Waals surface area contributed by atoms with E-state index in [4.69, 9.17) is 0 Å².